The fourth-order valence-electron chi connectivity index (χ4n) is 2.69. The van der Waals surface area contributed by atoms with Gasteiger partial charge in [0.05, 0.1) is 38.3 Å². The number of ketones is 1. The number of benzene rings is 1. The van der Waals surface area contributed by atoms with E-state index in [0.717, 1.165) is 0 Å². The average Bonchev–Trinajstić information content (AvgIpc) is 3.21. The number of carbonyl (C=O) groups excluding carboxylic acids is 1. The highest BCUT2D eigenvalue weighted by Crippen LogP contribution is 2.42. The van der Waals surface area contributed by atoms with E-state index < -0.39 is 11.8 Å². The summed E-state index contributed by atoms with van der Waals surface area (Å²) in [5.74, 6) is -0.494. The molecule has 0 aliphatic rings. The molecule has 0 N–H and O–H groups in total. The Balaban J connectivity index is 2.50. The summed E-state index contributed by atoms with van der Waals surface area (Å²) < 4.78 is 16.0. The van der Waals surface area contributed by atoms with Gasteiger partial charge in [-0.3, -0.25) is 4.79 Å². The minimum Gasteiger partial charge on any atom is -0.493 e. The number of ether oxygens (including phenoxy) is 3. The molecule has 0 saturated carbocycles. The van der Waals surface area contributed by atoms with Gasteiger partial charge in [-0.15, -0.1) is 11.3 Å². The highest BCUT2D eigenvalue weighted by molar-refractivity contribution is 7.12. The van der Waals surface area contributed by atoms with Crippen molar-refractivity contribution in [2.75, 3.05) is 21.3 Å². The van der Waals surface area contributed by atoms with Crippen LogP contribution in [0.15, 0.2) is 29.6 Å². The lowest BCUT2D eigenvalue weighted by molar-refractivity contribution is 0.0974. The molecular formula is C19H18N2O4S. The number of hydrogen-bond acceptors (Lipinski definition) is 7. The van der Waals surface area contributed by atoms with Gasteiger partial charge >= 0.3 is 0 Å². The lowest BCUT2D eigenvalue weighted by Crippen LogP contribution is -2.15. The summed E-state index contributed by atoms with van der Waals surface area (Å²) in [5.41, 5.74) is 0.609. The Kier molecular flexibility index (Phi) is 6.60. The third-order valence-corrected chi connectivity index (χ3v) is 4.91. The van der Waals surface area contributed by atoms with Crippen molar-refractivity contribution < 1.29 is 19.0 Å². The normalized spacial score (nSPS) is 11.3. The van der Waals surface area contributed by atoms with Gasteiger partial charge in [-0.1, -0.05) is 6.07 Å². The molecule has 0 unspecified atom stereocenters. The first-order chi connectivity index (χ1) is 12.6. The molecule has 6 nitrogen and oxygen atoms in total. The molecule has 2 rings (SSSR count). The first-order valence-electron chi connectivity index (χ1n) is 7.75. The average molecular weight is 370 g/mol. The van der Waals surface area contributed by atoms with Crippen LogP contribution >= 0.6 is 11.3 Å². The summed E-state index contributed by atoms with van der Waals surface area (Å²) >= 11 is 1.33. The number of Topliss-reactive ketones (excluding diaryl/α,β-unsaturated/α-hetero) is 1. The molecule has 0 saturated heterocycles. The molecule has 0 amide bonds. The van der Waals surface area contributed by atoms with Gasteiger partial charge in [0.25, 0.3) is 0 Å². The summed E-state index contributed by atoms with van der Waals surface area (Å²) in [5, 5.41) is 20.6. The molecule has 7 heteroatoms. The number of methoxy groups -OCH3 is 3. The Bertz CT molecular complexity index is 810. The fourth-order valence-corrected chi connectivity index (χ4v) is 3.37. The quantitative estimate of drug-likeness (QED) is 0.656. The van der Waals surface area contributed by atoms with Crippen LogP contribution in [0, 0.1) is 28.6 Å². The highest BCUT2D eigenvalue weighted by atomic mass is 32.1. The van der Waals surface area contributed by atoms with Crippen molar-refractivity contribution in [3.63, 3.8) is 0 Å². The van der Waals surface area contributed by atoms with Crippen molar-refractivity contribution in [1.29, 1.82) is 10.5 Å². The topological polar surface area (TPSA) is 92.3 Å². The number of nitriles is 2. The van der Waals surface area contributed by atoms with Gasteiger partial charge in [0, 0.05) is 12.3 Å². The largest absolute Gasteiger partial charge is 0.493 e. The lowest BCUT2D eigenvalue weighted by Gasteiger charge is -2.20. The predicted molar refractivity (Wildman–Crippen MR) is 96.8 cm³/mol. The van der Waals surface area contributed by atoms with E-state index >= 15 is 0 Å². The first-order valence-corrected chi connectivity index (χ1v) is 8.63. The highest BCUT2D eigenvalue weighted by Gasteiger charge is 2.29. The standard InChI is InChI=1S/C19H18N2O4S/c1-23-16-7-12(8-17(24-2)19(16)25-3)14(13(10-20)11-21)9-15(22)18-5-4-6-26-18/h4-8,13-14H,9H2,1-3H3/t14-/m0/s1. The second kappa shape index (κ2) is 8.89. The van der Waals surface area contributed by atoms with E-state index in [2.05, 4.69) is 0 Å². The zero-order chi connectivity index (χ0) is 19.1. The molecule has 1 atom stereocenters. The van der Waals surface area contributed by atoms with Crippen LogP contribution in [0.4, 0.5) is 0 Å². The first kappa shape index (κ1) is 19.3. The van der Waals surface area contributed by atoms with Gasteiger partial charge in [0.1, 0.15) is 5.92 Å². The van der Waals surface area contributed by atoms with Crippen molar-refractivity contribution in [3.05, 3.63) is 40.1 Å². The van der Waals surface area contributed by atoms with E-state index in [1.165, 1.54) is 32.7 Å². The fraction of sp³-hybridized carbons (Fsp3) is 0.316. The molecule has 0 bridgehead atoms. The lowest BCUT2D eigenvalue weighted by atomic mass is 9.83. The number of nitrogens with zero attached hydrogens (tertiary/aromatic N) is 2. The number of carbonyl (C=O) groups is 1. The second-order valence-corrected chi connectivity index (χ2v) is 6.35. The maximum absolute atomic E-state index is 12.6. The molecule has 1 aromatic carbocycles. The van der Waals surface area contributed by atoms with Crippen molar-refractivity contribution in [2.24, 2.45) is 5.92 Å². The van der Waals surface area contributed by atoms with Gasteiger partial charge in [0.15, 0.2) is 17.3 Å². The van der Waals surface area contributed by atoms with Gasteiger partial charge in [-0.2, -0.15) is 10.5 Å². The van der Waals surface area contributed by atoms with Crippen molar-refractivity contribution >= 4 is 17.1 Å². The van der Waals surface area contributed by atoms with E-state index in [9.17, 15) is 15.3 Å². The summed E-state index contributed by atoms with van der Waals surface area (Å²) in [6.45, 7) is 0. The minimum absolute atomic E-state index is 0.0327. The van der Waals surface area contributed by atoms with E-state index in [4.69, 9.17) is 14.2 Å². The van der Waals surface area contributed by atoms with Crippen molar-refractivity contribution in [3.8, 4) is 29.4 Å². The zero-order valence-corrected chi connectivity index (χ0v) is 15.5. The van der Waals surface area contributed by atoms with E-state index in [1.54, 1.807) is 24.3 Å². The minimum atomic E-state index is -0.985. The molecule has 0 radical (unpaired) electrons. The van der Waals surface area contributed by atoms with Crippen LogP contribution in [-0.4, -0.2) is 27.1 Å². The molecule has 134 valence electrons. The zero-order valence-electron chi connectivity index (χ0n) is 14.7. The molecule has 0 aliphatic heterocycles. The van der Waals surface area contributed by atoms with E-state index in [-0.39, 0.29) is 12.2 Å². The Morgan fingerprint density at radius 1 is 1.12 bits per heavy atom. The number of hydrogen-bond donors (Lipinski definition) is 0. The Hall–Kier alpha value is -3.03. The summed E-state index contributed by atoms with van der Waals surface area (Å²) in [6, 6.07) is 10.8. The van der Waals surface area contributed by atoms with Crippen LogP contribution in [-0.2, 0) is 0 Å². The van der Waals surface area contributed by atoms with Gasteiger partial charge < -0.3 is 14.2 Å². The van der Waals surface area contributed by atoms with Crippen LogP contribution < -0.4 is 14.2 Å². The van der Waals surface area contributed by atoms with Crippen LogP contribution in [0.1, 0.15) is 27.6 Å². The van der Waals surface area contributed by atoms with Crippen LogP contribution in [0.5, 0.6) is 17.2 Å². The molecule has 0 spiro atoms. The molecule has 26 heavy (non-hydrogen) atoms. The Labute approximate surface area is 156 Å². The molecule has 0 fully saturated rings. The maximum atomic E-state index is 12.6. The van der Waals surface area contributed by atoms with Gasteiger partial charge in [-0.25, -0.2) is 0 Å². The maximum Gasteiger partial charge on any atom is 0.203 e. The van der Waals surface area contributed by atoms with Crippen LogP contribution in [0.25, 0.3) is 0 Å². The van der Waals surface area contributed by atoms with Crippen LogP contribution in [0.3, 0.4) is 0 Å². The third kappa shape index (κ3) is 3.96. The Morgan fingerprint density at radius 2 is 1.73 bits per heavy atom. The SMILES string of the molecule is COc1cc([C@H](CC(=O)c2cccs2)C(C#N)C#N)cc(OC)c1OC. The Morgan fingerprint density at radius 3 is 2.15 bits per heavy atom. The summed E-state index contributed by atoms with van der Waals surface area (Å²) in [6.07, 6.45) is 0.0327. The predicted octanol–water partition coefficient (Wildman–Crippen LogP) is 3.79. The van der Waals surface area contributed by atoms with Gasteiger partial charge in [0.2, 0.25) is 5.75 Å². The number of thiophene rings is 1. The molecular weight excluding hydrogens is 352 g/mol. The smallest absolute Gasteiger partial charge is 0.203 e. The van der Waals surface area contributed by atoms with E-state index in [1.807, 2.05) is 17.5 Å². The van der Waals surface area contributed by atoms with Crippen LogP contribution in [0.2, 0.25) is 0 Å². The third-order valence-electron chi connectivity index (χ3n) is 4.00. The molecule has 2 aromatic rings. The van der Waals surface area contributed by atoms with Crippen molar-refractivity contribution in [1.82, 2.24) is 0 Å². The van der Waals surface area contributed by atoms with Gasteiger partial charge in [-0.05, 0) is 29.1 Å². The van der Waals surface area contributed by atoms with Crippen molar-refractivity contribution in [2.45, 2.75) is 12.3 Å². The summed E-state index contributed by atoms with van der Waals surface area (Å²) in [4.78, 5) is 13.2. The number of rotatable bonds is 8. The summed E-state index contributed by atoms with van der Waals surface area (Å²) in [7, 11) is 4.46. The van der Waals surface area contributed by atoms with E-state index in [0.29, 0.717) is 27.7 Å². The molecule has 0 aliphatic carbocycles. The monoisotopic (exact) mass is 370 g/mol. The molecule has 1 aromatic heterocycles. The molecule has 1 heterocycles. The second-order valence-electron chi connectivity index (χ2n) is 5.41.